The summed E-state index contributed by atoms with van der Waals surface area (Å²) in [6.07, 6.45) is 0. The minimum atomic E-state index is -0.573. The lowest BCUT2D eigenvalue weighted by Gasteiger charge is -2.09. The Kier molecular flexibility index (Phi) is 5.32. The van der Waals surface area contributed by atoms with Crippen molar-refractivity contribution in [3.05, 3.63) is 74.6 Å². The molecular weight excluding hydrogens is 384 g/mol. The Bertz CT molecular complexity index is 1080. The molecule has 2 aromatic carbocycles. The molecule has 0 saturated heterocycles. The molecule has 0 aliphatic heterocycles. The third-order valence-electron chi connectivity index (χ3n) is 4.06. The number of amides is 1. The molecule has 9 heteroatoms. The van der Waals surface area contributed by atoms with E-state index in [4.69, 9.17) is 16.3 Å². The number of non-ortho nitro benzene ring substituents is 1. The van der Waals surface area contributed by atoms with Gasteiger partial charge in [-0.05, 0) is 31.5 Å². The SMILES string of the molecule is Cc1cccc(Oc2cc(NC(=O)c3nn(C)c(C)c3Cl)cc([N+](=O)[O-])c2)c1. The highest BCUT2D eigenvalue weighted by molar-refractivity contribution is 6.34. The van der Waals surface area contributed by atoms with Crippen molar-refractivity contribution in [2.24, 2.45) is 7.05 Å². The molecule has 0 aliphatic rings. The van der Waals surface area contributed by atoms with Crippen LogP contribution in [0, 0.1) is 24.0 Å². The van der Waals surface area contributed by atoms with Crippen LogP contribution < -0.4 is 10.1 Å². The van der Waals surface area contributed by atoms with Gasteiger partial charge in [0.2, 0.25) is 0 Å². The van der Waals surface area contributed by atoms with Crippen molar-refractivity contribution < 1.29 is 14.5 Å². The maximum absolute atomic E-state index is 12.5. The fraction of sp³-hybridized carbons (Fsp3) is 0.158. The molecule has 0 spiro atoms. The second-order valence-electron chi connectivity index (χ2n) is 6.22. The standard InChI is InChI=1S/C19H17ClN4O4/c1-11-5-4-6-15(7-11)28-16-9-13(8-14(10-16)24(26)27)21-19(25)18-17(20)12(2)23(3)22-18/h4-10H,1-3H3,(H,21,25). The van der Waals surface area contributed by atoms with Crippen LogP contribution in [0.4, 0.5) is 11.4 Å². The molecule has 0 bridgehead atoms. The molecule has 28 heavy (non-hydrogen) atoms. The van der Waals surface area contributed by atoms with Gasteiger partial charge in [0, 0.05) is 19.2 Å². The highest BCUT2D eigenvalue weighted by Gasteiger charge is 2.20. The van der Waals surface area contributed by atoms with Crippen molar-refractivity contribution in [1.29, 1.82) is 0 Å². The number of halogens is 1. The van der Waals surface area contributed by atoms with Gasteiger partial charge in [0.05, 0.1) is 27.4 Å². The van der Waals surface area contributed by atoms with Crippen LogP contribution in [0.1, 0.15) is 21.7 Å². The summed E-state index contributed by atoms with van der Waals surface area (Å²) in [5.74, 6) is 0.176. The third kappa shape index (κ3) is 4.12. The van der Waals surface area contributed by atoms with Crippen LogP contribution in [0.3, 0.4) is 0 Å². The second-order valence-corrected chi connectivity index (χ2v) is 6.59. The molecule has 0 atom stereocenters. The smallest absolute Gasteiger partial charge is 0.277 e. The van der Waals surface area contributed by atoms with Gasteiger partial charge >= 0.3 is 0 Å². The van der Waals surface area contributed by atoms with Crippen LogP contribution in [-0.2, 0) is 7.05 Å². The number of nitro groups is 1. The number of anilines is 1. The Morgan fingerprint density at radius 1 is 1.21 bits per heavy atom. The first-order valence-electron chi connectivity index (χ1n) is 8.29. The molecule has 1 N–H and O–H groups in total. The van der Waals surface area contributed by atoms with E-state index < -0.39 is 10.8 Å². The summed E-state index contributed by atoms with van der Waals surface area (Å²) in [7, 11) is 1.67. The van der Waals surface area contributed by atoms with Gasteiger partial charge in [-0.15, -0.1) is 0 Å². The van der Waals surface area contributed by atoms with E-state index in [-0.39, 0.29) is 27.8 Å². The lowest BCUT2D eigenvalue weighted by molar-refractivity contribution is -0.384. The highest BCUT2D eigenvalue weighted by Crippen LogP contribution is 2.30. The quantitative estimate of drug-likeness (QED) is 0.496. The van der Waals surface area contributed by atoms with Crippen molar-refractivity contribution in [2.75, 3.05) is 5.32 Å². The van der Waals surface area contributed by atoms with Gasteiger partial charge in [-0.3, -0.25) is 19.6 Å². The number of carbonyl (C=O) groups excluding carboxylic acids is 1. The first-order chi connectivity index (χ1) is 13.2. The lowest BCUT2D eigenvalue weighted by atomic mass is 10.2. The number of benzene rings is 2. The number of carbonyl (C=O) groups is 1. The maximum Gasteiger partial charge on any atom is 0.277 e. The molecule has 1 aromatic heterocycles. The van der Waals surface area contributed by atoms with Crippen molar-refractivity contribution >= 4 is 28.9 Å². The van der Waals surface area contributed by atoms with Gasteiger partial charge in [0.15, 0.2) is 5.69 Å². The Morgan fingerprint density at radius 2 is 1.96 bits per heavy atom. The summed E-state index contributed by atoms with van der Waals surface area (Å²) in [5, 5.41) is 18.2. The van der Waals surface area contributed by atoms with E-state index in [1.807, 2.05) is 19.1 Å². The molecule has 144 valence electrons. The minimum Gasteiger partial charge on any atom is -0.457 e. The van der Waals surface area contributed by atoms with Crippen LogP contribution in [0.5, 0.6) is 11.5 Å². The number of nitro benzene ring substituents is 1. The minimum absolute atomic E-state index is 0.0364. The molecule has 3 rings (SSSR count). The third-order valence-corrected chi connectivity index (χ3v) is 4.51. The van der Waals surface area contributed by atoms with Crippen molar-refractivity contribution in [3.63, 3.8) is 0 Å². The van der Waals surface area contributed by atoms with Gasteiger partial charge in [-0.25, -0.2) is 0 Å². The van der Waals surface area contributed by atoms with Gasteiger partial charge < -0.3 is 10.1 Å². The first kappa shape index (κ1) is 19.4. The van der Waals surface area contributed by atoms with Crippen LogP contribution in [0.25, 0.3) is 0 Å². The highest BCUT2D eigenvalue weighted by atomic mass is 35.5. The second kappa shape index (κ2) is 7.69. The lowest BCUT2D eigenvalue weighted by Crippen LogP contribution is -2.13. The Labute approximate surface area is 165 Å². The predicted octanol–water partition coefficient (Wildman–Crippen LogP) is 4.64. The summed E-state index contributed by atoms with van der Waals surface area (Å²) in [5.41, 5.74) is 1.63. The molecule has 0 unspecified atom stereocenters. The Hall–Kier alpha value is -3.39. The summed E-state index contributed by atoms with van der Waals surface area (Å²) < 4.78 is 7.21. The monoisotopic (exact) mass is 400 g/mol. The molecule has 1 amide bonds. The average molecular weight is 401 g/mol. The van der Waals surface area contributed by atoms with Crippen molar-refractivity contribution in [3.8, 4) is 11.5 Å². The summed E-state index contributed by atoms with van der Waals surface area (Å²) in [4.78, 5) is 23.2. The topological polar surface area (TPSA) is 99.3 Å². The Morgan fingerprint density at radius 3 is 2.57 bits per heavy atom. The van der Waals surface area contributed by atoms with E-state index in [0.717, 1.165) is 5.56 Å². The van der Waals surface area contributed by atoms with E-state index >= 15 is 0 Å². The van der Waals surface area contributed by atoms with E-state index in [2.05, 4.69) is 10.4 Å². The van der Waals surface area contributed by atoms with Gasteiger partial charge in [0.25, 0.3) is 11.6 Å². The summed E-state index contributed by atoms with van der Waals surface area (Å²) in [6, 6.07) is 11.3. The average Bonchev–Trinajstić information content (AvgIpc) is 2.89. The van der Waals surface area contributed by atoms with Crippen LogP contribution in [0.15, 0.2) is 42.5 Å². The van der Waals surface area contributed by atoms with Crippen LogP contribution in [0.2, 0.25) is 5.02 Å². The van der Waals surface area contributed by atoms with E-state index in [1.54, 1.807) is 26.1 Å². The first-order valence-corrected chi connectivity index (χ1v) is 8.67. The zero-order valence-corrected chi connectivity index (χ0v) is 16.1. The number of nitrogens with one attached hydrogen (secondary N) is 1. The molecule has 3 aromatic rings. The number of aryl methyl sites for hydroxylation is 2. The van der Waals surface area contributed by atoms with Crippen LogP contribution >= 0.6 is 11.6 Å². The van der Waals surface area contributed by atoms with E-state index in [9.17, 15) is 14.9 Å². The Balaban J connectivity index is 1.91. The van der Waals surface area contributed by atoms with E-state index in [1.165, 1.54) is 22.9 Å². The zero-order chi connectivity index (χ0) is 20.4. The van der Waals surface area contributed by atoms with E-state index in [0.29, 0.717) is 11.4 Å². The normalized spacial score (nSPS) is 10.6. The molecular formula is C19H17ClN4O4. The number of aromatic nitrogens is 2. The number of hydrogen-bond acceptors (Lipinski definition) is 5. The van der Waals surface area contributed by atoms with Gasteiger partial charge in [-0.1, -0.05) is 23.7 Å². The van der Waals surface area contributed by atoms with Crippen molar-refractivity contribution in [2.45, 2.75) is 13.8 Å². The number of nitrogens with zero attached hydrogens (tertiary/aromatic N) is 3. The summed E-state index contributed by atoms with van der Waals surface area (Å²) >= 11 is 6.13. The fourth-order valence-corrected chi connectivity index (χ4v) is 2.80. The number of ether oxygens (including phenoxy) is 1. The number of rotatable bonds is 5. The maximum atomic E-state index is 12.5. The van der Waals surface area contributed by atoms with Gasteiger partial charge in [0.1, 0.15) is 11.5 Å². The number of hydrogen-bond donors (Lipinski definition) is 1. The van der Waals surface area contributed by atoms with Crippen molar-refractivity contribution in [1.82, 2.24) is 9.78 Å². The largest absolute Gasteiger partial charge is 0.457 e. The molecule has 1 heterocycles. The molecule has 0 fully saturated rings. The van der Waals surface area contributed by atoms with Gasteiger partial charge in [-0.2, -0.15) is 5.10 Å². The van der Waals surface area contributed by atoms with Crippen LogP contribution in [-0.4, -0.2) is 20.6 Å². The molecule has 8 nitrogen and oxygen atoms in total. The fourth-order valence-electron chi connectivity index (χ4n) is 2.55. The summed E-state index contributed by atoms with van der Waals surface area (Å²) in [6.45, 7) is 3.64. The molecule has 0 saturated carbocycles. The predicted molar refractivity (Wildman–Crippen MR) is 105 cm³/mol. The zero-order valence-electron chi connectivity index (χ0n) is 15.4. The molecule has 0 radical (unpaired) electrons. The molecule has 0 aliphatic carbocycles.